The van der Waals surface area contributed by atoms with E-state index in [1.807, 2.05) is 6.07 Å². The summed E-state index contributed by atoms with van der Waals surface area (Å²) in [5.41, 5.74) is -0.0576. The van der Waals surface area contributed by atoms with Crippen molar-refractivity contribution in [2.24, 2.45) is 0 Å². The molecule has 150 valence electrons. The molecule has 2 aromatic rings. The van der Waals surface area contributed by atoms with E-state index in [4.69, 9.17) is 4.42 Å². The predicted molar refractivity (Wildman–Crippen MR) is 107 cm³/mol. The maximum Gasteiger partial charge on any atom is 0.335 e. The summed E-state index contributed by atoms with van der Waals surface area (Å²) in [6, 6.07) is 7.50. The quantitative estimate of drug-likeness (QED) is 0.588. The van der Waals surface area contributed by atoms with E-state index in [1.165, 1.54) is 37.5 Å². The number of thioether (sulfide) groups is 1. The van der Waals surface area contributed by atoms with Gasteiger partial charge >= 0.3 is 6.03 Å². The van der Waals surface area contributed by atoms with Crippen molar-refractivity contribution in [2.45, 2.75) is 42.4 Å². The van der Waals surface area contributed by atoms with Gasteiger partial charge in [0.2, 0.25) is 0 Å². The number of benzene rings is 1. The largest absolute Gasteiger partial charge is 0.450 e. The molecule has 1 saturated heterocycles. The highest BCUT2D eigenvalue weighted by molar-refractivity contribution is 7.99. The number of nitrogens with zero attached hydrogens (tertiary/aromatic N) is 1. The van der Waals surface area contributed by atoms with Crippen molar-refractivity contribution in [1.29, 1.82) is 0 Å². The summed E-state index contributed by atoms with van der Waals surface area (Å²) in [7, 11) is 0. The molecule has 0 atom stereocenters. The fourth-order valence-corrected chi connectivity index (χ4v) is 4.64. The minimum atomic E-state index is -0.878. The molecule has 1 saturated carbocycles. The van der Waals surface area contributed by atoms with Gasteiger partial charge in [0.15, 0.2) is 5.09 Å². The lowest BCUT2D eigenvalue weighted by molar-refractivity contribution is -0.122. The van der Waals surface area contributed by atoms with Crippen molar-refractivity contribution in [3.8, 4) is 0 Å². The van der Waals surface area contributed by atoms with E-state index in [-0.39, 0.29) is 11.3 Å². The van der Waals surface area contributed by atoms with Gasteiger partial charge in [-0.25, -0.2) is 14.1 Å². The number of nitrogens with one attached hydrogen (secondary N) is 1. The first-order valence-electron chi connectivity index (χ1n) is 9.45. The van der Waals surface area contributed by atoms with Crippen LogP contribution in [0.3, 0.4) is 0 Å². The van der Waals surface area contributed by atoms with Crippen molar-refractivity contribution in [1.82, 2.24) is 5.32 Å². The Hall–Kier alpha value is -2.87. The van der Waals surface area contributed by atoms with Gasteiger partial charge in [0.25, 0.3) is 11.8 Å². The molecule has 0 spiro atoms. The van der Waals surface area contributed by atoms with Crippen molar-refractivity contribution in [3.63, 3.8) is 0 Å². The van der Waals surface area contributed by atoms with Gasteiger partial charge in [0.05, 0.1) is 5.69 Å². The van der Waals surface area contributed by atoms with Crippen LogP contribution in [0.1, 0.15) is 37.9 Å². The summed E-state index contributed by atoms with van der Waals surface area (Å²) >= 11 is 1.67. The van der Waals surface area contributed by atoms with Crippen LogP contribution in [0, 0.1) is 5.82 Å². The molecule has 6 nitrogen and oxygen atoms in total. The Morgan fingerprint density at radius 3 is 2.48 bits per heavy atom. The van der Waals surface area contributed by atoms with Gasteiger partial charge in [-0.15, -0.1) is 0 Å². The molecular formula is C21H19FN2O4S. The molecular weight excluding hydrogens is 395 g/mol. The predicted octanol–water partition coefficient (Wildman–Crippen LogP) is 4.51. The summed E-state index contributed by atoms with van der Waals surface area (Å²) in [6.07, 6.45) is 7.34. The fraction of sp³-hybridized carbons (Fsp3) is 0.286. The van der Waals surface area contributed by atoms with E-state index in [9.17, 15) is 18.8 Å². The van der Waals surface area contributed by atoms with Crippen molar-refractivity contribution in [3.05, 3.63) is 53.5 Å². The zero-order valence-electron chi connectivity index (χ0n) is 15.5. The Morgan fingerprint density at radius 2 is 1.76 bits per heavy atom. The lowest BCUT2D eigenvalue weighted by Crippen LogP contribution is -2.54. The molecule has 1 aliphatic heterocycles. The number of imide groups is 2. The Kier molecular flexibility index (Phi) is 5.53. The third kappa shape index (κ3) is 4.27. The van der Waals surface area contributed by atoms with Crippen LogP contribution >= 0.6 is 11.8 Å². The number of hydrogen-bond donors (Lipinski definition) is 1. The first kappa shape index (κ1) is 19.4. The monoisotopic (exact) mass is 414 g/mol. The number of halogens is 1. The second-order valence-corrected chi connectivity index (χ2v) is 8.27. The minimum Gasteiger partial charge on any atom is -0.450 e. The molecule has 1 aliphatic carbocycles. The van der Waals surface area contributed by atoms with Crippen LogP contribution in [-0.4, -0.2) is 23.1 Å². The maximum absolute atomic E-state index is 13.2. The summed E-state index contributed by atoms with van der Waals surface area (Å²) in [4.78, 5) is 38.0. The minimum absolute atomic E-state index is 0.167. The number of amides is 4. The molecule has 2 aliphatic rings. The molecule has 2 fully saturated rings. The Bertz CT molecular complexity index is 977. The number of carbonyl (C=O) groups excluding carboxylic acids is 3. The summed E-state index contributed by atoms with van der Waals surface area (Å²) < 4.78 is 18.9. The molecule has 1 N–H and O–H groups in total. The molecule has 29 heavy (non-hydrogen) atoms. The number of rotatable bonds is 4. The van der Waals surface area contributed by atoms with Crippen molar-refractivity contribution < 1.29 is 23.2 Å². The fourth-order valence-electron chi connectivity index (χ4n) is 3.45. The van der Waals surface area contributed by atoms with Gasteiger partial charge in [0, 0.05) is 5.25 Å². The first-order chi connectivity index (χ1) is 14.0. The topological polar surface area (TPSA) is 79.6 Å². The lowest BCUT2D eigenvalue weighted by Gasteiger charge is -2.26. The molecule has 1 aromatic heterocycles. The Balaban J connectivity index is 1.55. The molecule has 0 radical (unpaired) electrons. The van der Waals surface area contributed by atoms with Crippen LogP contribution < -0.4 is 10.2 Å². The number of carbonyl (C=O) groups is 3. The average molecular weight is 414 g/mol. The molecule has 0 unspecified atom stereocenters. The third-order valence-corrected chi connectivity index (χ3v) is 6.17. The Labute approximate surface area is 171 Å². The highest BCUT2D eigenvalue weighted by Crippen LogP contribution is 2.35. The number of anilines is 1. The molecule has 8 heteroatoms. The second kappa shape index (κ2) is 8.24. The number of urea groups is 1. The SMILES string of the molecule is O=C1NC(=O)N(c2ccc(F)cc2)C(=O)C1=Cc1ccc(SC2CCCCC2)o1. The van der Waals surface area contributed by atoms with Crippen LogP contribution in [-0.2, 0) is 9.59 Å². The smallest absolute Gasteiger partial charge is 0.335 e. The van der Waals surface area contributed by atoms with E-state index in [1.54, 1.807) is 17.8 Å². The van der Waals surface area contributed by atoms with E-state index in [2.05, 4.69) is 5.32 Å². The molecule has 4 amide bonds. The van der Waals surface area contributed by atoms with Gasteiger partial charge in [0.1, 0.15) is 17.2 Å². The van der Waals surface area contributed by atoms with E-state index >= 15 is 0 Å². The van der Waals surface area contributed by atoms with E-state index in [0.29, 0.717) is 11.0 Å². The summed E-state index contributed by atoms with van der Waals surface area (Å²) in [6.45, 7) is 0. The van der Waals surface area contributed by atoms with Gasteiger partial charge in [-0.2, -0.15) is 0 Å². The highest BCUT2D eigenvalue weighted by Gasteiger charge is 2.37. The lowest BCUT2D eigenvalue weighted by atomic mass is 10.0. The van der Waals surface area contributed by atoms with Crippen LogP contribution in [0.15, 0.2) is 51.5 Å². The normalized spacial score (nSPS) is 19.7. The first-order valence-corrected chi connectivity index (χ1v) is 10.3. The van der Waals surface area contributed by atoms with E-state index < -0.39 is 23.7 Å². The van der Waals surface area contributed by atoms with Crippen LogP contribution in [0.4, 0.5) is 14.9 Å². The highest BCUT2D eigenvalue weighted by atomic mass is 32.2. The average Bonchev–Trinajstić information content (AvgIpc) is 3.14. The van der Waals surface area contributed by atoms with Crippen LogP contribution in [0.5, 0.6) is 0 Å². The van der Waals surface area contributed by atoms with Gasteiger partial charge in [-0.1, -0.05) is 31.0 Å². The summed E-state index contributed by atoms with van der Waals surface area (Å²) in [5, 5.41) is 3.38. The van der Waals surface area contributed by atoms with Gasteiger partial charge in [-0.05, 0) is 55.3 Å². The molecule has 4 rings (SSSR count). The van der Waals surface area contributed by atoms with Gasteiger partial charge < -0.3 is 4.42 Å². The van der Waals surface area contributed by atoms with Crippen molar-refractivity contribution in [2.75, 3.05) is 4.90 Å². The second-order valence-electron chi connectivity index (χ2n) is 6.97. The Morgan fingerprint density at radius 1 is 1.03 bits per heavy atom. The van der Waals surface area contributed by atoms with E-state index in [0.717, 1.165) is 35.0 Å². The maximum atomic E-state index is 13.2. The van der Waals surface area contributed by atoms with Crippen LogP contribution in [0.25, 0.3) is 6.08 Å². The van der Waals surface area contributed by atoms with Crippen molar-refractivity contribution >= 4 is 41.4 Å². The number of barbiturate groups is 1. The third-order valence-electron chi connectivity index (χ3n) is 4.91. The number of hydrogen-bond acceptors (Lipinski definition) is 5. The molecule has 1 aromatic carbocycles. The van der Waals surface area contributed by atoms with Gasteiger partial charge in [-0.3, -0.25) is 14.9 Å². The zero-order valence-corrected chi connectivity index (χ0v) is 16.3. The zero-order chi connectivity index (χ0) is 20.4. The summed E-state index contributed by atoms with van der Waals surface area (Å²) in [5.74, 6) is -1.72. The molecule has 2 heterocycles. The number of furan rings is 1. The van der Waals surface area contributed by atoms with Crippen LogP contribution in [0.2, 0.25) is 0 Å². The standard InChI is InChI=1S/C21H19FN2O4S/c22-13-6-8-14(9-7-13)24-20(26)17(19(25)23-21(24)27)12-15-10-11-18(28-15)29-16-4-2-1-3-5-16/h6-12,16H,1-5H2,(H,23,25,27). The molecule has 0 bridgehead atoms.